The Morgan fingerprint density at radius 1 is 1.11 bits per heavy atom. The summed E-state index contributed by atoms with van der Waals surface area (Å²) in [7, 11) is 0. The van der Waals surface area contributed by atoms with Gasteiger partial charge in [0.15, 0.2) is 0 Å². The molecule has 2 saturated heterocycles. The normalized spacial score (nSPS) is 30.5. The lowest BCUT2D eigenvalue weighted by Gasteiger charge is -2.37. The molecule has 0 N–H and O–H groups in total. The predicted molar refractivity (Wildman–Crippen MR) is 98.0 cm³/mol. The van der Waals surface area contributed by atoms with E-state index in [2.05, 4.69) is 4.90 Å². The van der Waals surface area contributed by atoms with E-state index in [0.29, 0.717) is 25.2 Å². The summed E-state index contributed by atoms with van der Waals surface area (Å²) in [5.41, 5.74) is 0.814. The molecule has 1 unspecified atom stereocenters. The third-order valence-electron chi connectivity index (χ3n) is 6.40. The summed E-state index contributed by atoms with van der Waals surface area (Å²) in [5.74, 6) is -0.623. The minimum absolute atomic E-state index is 0.0981. The fourth-order valence-electron chi connectivity index (χ4n) is 4.94. The van der Waals surface area contributed by atoms with Gasteiger partial charge in [0.25, 0.3) is 0 Å². The van der Waals surface area contributed by atoms with Crippen molar-refractivity contribution in [3.8, 4) is 0 Å². The standard InChI is InChI=1S/C21H28F2N2O2/c1-14-11-25(12-15(2)27-14)20(26)19-10-21(19)3-5-24(6-4-21)13-16-7-17(22)9-18(23)8-16/h7-9,14-15,19H,3-6,10-13H2,1-2H3/t14-,15+,19?. The summed E-state index contributed by atoms with van der Waals surface area (Å²) in [6, 6.07) is 3.71. The van der Waals surface area contributed by atoms with Crippen LogP contribution in [-0.4, -0.2) is 54.1 Å². The van der Waals surface area contributed by atoms with Crippen molar-refractivity contribution in [3.05, 3.63) is 35.4 Å². The number of likely N-dealkylation sites (tertiary alicyclic amines) is 1. The first kappa shape index (κ1) is 18.8. The first-order valence-corrected chi connectivity index (χ1v) is 9.96. The molecule has 6 heteroatoms. The molecule has 0 radical (unpaired) electrons. The monoisotopic (exact) mass is 378 g/mol. The number of hydrogen-bond acceptors (Lipinski definition) is 3. The molecule has 0 aromatic heterocycles. The maximum Gasteiger partial charge on any atom is 0.226 e. The minimum atomic E-state index is -0.527. The smallest absolute Gasteiger partial charge is 0.226 e. The molecule has 3 atom stereocenters. The van der Waals surface area contributed by atoms with Gasteiger partial charge in [-0.15, -0.1) is 0 Å². The van der Waals surface area contributed by atoms with Crippen LogP contribution in [0, 0.1) is 23.0 Å². The zero-order valence-corrected chi connectivity index (χ0v) is 16.1. The molecule has 1 amide bonds. The van der Waals surface area contributed by atoms with Crippen molar-refractivity contribution >= 4 is 5.91 Å². The molecule has 27 heavy (non-hydrogen) atoms. The summed E-state index contributed by atoms with van der Waals surface area (Å²) >= 11 is 0. The quantitative estimate of drug-likeness (QED) is 0.810. The largest absolute Gasteiger partial charge is 0.372 e. The Bertz CT molecular complexity index is 688. The summed E-state index contributed by atoms with van der Waals surface area (Å²) in [5, 5.41) is 0. The molecule has 1 saturated carbocycles. The Kier molecular flexibility index (Phi) is 4.97. The Balaban J connectivity index is 1.31. The van der Waals surface area contributed by atoms with Gasteiger partial charge in [-0.1, -0.05) is 0 Å². The van der Waals surface area contributed by atoms with Gasteiger partial charge in [-0.3, -0.25) is 9.69 Å². The van der Waals surface area contributed by atoms with Gasteiger partial charge in [0.1, 0.15) is 11.6 Å². The van der Waals surface area contributed by atoms with Gasteiger partial charge in [0, 0.05) is 31.6 Å². The second-order valence-corrected chi connectivity index (χ2v) is 8.67. The van der Waals surface area contributed by atoms with Crippen LogP contribution in [0.1, 0.15) is 38.7 Å². The first-order valence-electron chi connectivity index (χ1n) is 9.96. The number of benzene rings is 1. The number of hydrogen-bond donors (Lipinski definition) is 0. The van der Waals surface area contributed by atoms with Gasteiger partial charge in [-0.05, 0) is 69.3 Å². The Hall–Kier alpha value is -1.53. The van der Waals surface area contributed by atoms with E-state index in [1.165, 1.54) is 12.1 Å². The molecule has 1 aromatic rings. The average Bonchev–Trinajstić information content (AvgIpc) is 3.28. The van der Waals surface area contributed by atoms with Gasteiger partial charge in [0.05, 0.1) is 12.2 Å². The lowest BCUT2D eigenvalue weighted by molar-refractivity contribution is -0.145. The van der Waals surface area contributed by atoms with E-state index in [0.717, 1.165) is 38.4 Å². The van der Waals surface area contributed by atoms with Crippen LogP contribution in [0.25, 0.3) is 0 Å². The van der Waals surface area contributed by atoms with E-state index < -0.39 is 11.6 Å². The van der Waals surface area contributed by atoms with Crippen LogP contribution in [0.2, 0.25) is 0 Å². The number of nitrogens with zero attached hydrogens (tertiary/aromatic N) is 2. The van der Waals surface area contributed by atoms with Crippen molar-refractivity contribution in [3.63, 3.8) is 0 Å². The summed E-state index contributed by atoms with van der Waals surface area (Å²) in [6.07, 6.45) is 3.14. The summed E-state index contributed by atoms with van der Waals surface area (Å²) in [4.78, 5) is 17.2. The number of carbonyl (C=O) groups is 1. The summed E-state index contributed by atoms with van der Waals surface area (Å²) in [6.45, 7) is 7.72. The van der Waals surface area contributed by atoms with Gasteiger partial charge in [-0.25, -0.2) is 8.78 Å². The molecule has 2 heterocycles. The second kappa shape index (κ2) is 7.13. The Labute approximate surface area is 159 Å². The van der Waals surface area contributed by atoms with Crippen molar-refractivity contribution in [2.75, 3.05) is 26.2 Å². The maximum absolute atomic E-state index is 13.4. The number of carbonyl (C=O) groups excluding carboxylic acids is 1. The zero-order chi connectivity index (χ0) is 19.2. The van der Waals surface area contributed by atoms with Crippen LogP contribution in [0.4, 0.5) is 8.78 Å². The van der Waals surface area contributed by atoms with Gasteiger partial charge >= 0.3 is 0 Å². The fourth-order valence-corrected chi connectivity index (χ4v) is 4.94. The van der Waals surface area contributed by atoms with E-state index in [1.807, 2.05) is 18.7 Å². The van der Waals surface area contributed by atoms with Crippen LogP contribution < -0.4 is 0 Å². The molecule has 148 valence electrons. The third-order valence-corrected chi connectivity index (χ3v) is 6.40. The molecule has 1 aromatic carbocycles. The molecule has 3 fully saturated rings. The van der Waals surface area contributed by atoms with Crippen molar-refractivity contribution in [2.24, 2.45) is 11.3 Å². The molecule has 0 bridgehead atoms. The van der Waals surface area contributed by atoms with Gasteiger partial charge in [0.2, 0.25) is 5.91 Å². The van der Waals surface area contributed by atoms with Crippen LogP contribution in [-0.2, 0) is 16.1 Å². The average molecular weight is 378 g/mol. The number of piperidine rings is 1. The van der Waals surface area contributed by atoms with Crippen molar-refractivity contribution in [1.82, 2.24) is 9.80 Å². The number of ether oxygens (including phenoxy) is 1. The highest BCUT2D eigenvalue weighted by molar-refractivity contribution is 5.83. The second-order valence-electron chi connectivity index (χ2n) is 8.67. The lowest BCUT2D eigenvalue weighted by Crippen LogP contribution is -2.49. The highest BCUT2D eigenvalue weighted by Crippen LogP contribution is 2.60. The number of morpholine rings is 1. The Morgan fingerprint density at radius 2 is 1.70 bits per heavy atom. The van der Waals surface area contributed by atoms with Crippen LogP contribution in [0.15, 0.2) is 18.2 Å². The predicted octanol–water partition coefficient (Wildman–Crippen LogP) is 3.20. The van der Waals surface area contributed by atoms with E-state index in [-0.39, 0.29) is 29.4 Å². The molecular weight excluding hydrogens is 350 g/mol. The topological polar surface area (TPSA) is 32.8 Å². The zero-order valence-electron chi connectivity index (χ0n) is 16.1. The lowest BCUT2D eigenvalue weighted by atomic mass is 9.90. The van der Waals surface area contributed by atoms with Crippen molar-refractivity contribution in [1.29, 1.82) is 0 Å². The van der Waals surface area contributed by atoms with Crippen molar-refractivity contribution < 1.29 is 18.3 Å². The molecule has 2 aliphatic heterocycles. The number of rotatable bonds is 3. The molecule has 3 aliphatic rings. The van der Waals surface area contributed by atoms with Crippen LogP contribution in [0.5, 0.6) is 0 Å². The summed E-state index contributed by atoms with van der Waals surface area (Å²) < 4.78 is 32.5. The van der Waals surface area contributed by atoms with E-state index in [1.54, 1.807) is 0 Å². The van der Waals surface area contributed by atoms with E-state index in [4.69, 9.17) is 4.74 Å². The van der Waals surface area contributed by atoms with Crippen LogP contribution in [0.3, 0.4) is 0 Å². The van der Waals surface area contributed by atoms with E-state index >= 15 is 0 Å². The third kappa shape index (κ3) is 4.02. The molecule has 4 nitrogen and oxygen atoms in total. The molecule has 1 spiro atoms. The Morgan fingerprint density at radius 3 is 2.30 bits per heavy atom. The highest BCUT2D eigenvalue weighted by atomic mass is 19.1. The SMILES string of the molecule is C[C@@H]1CN(C(=O)C2CC23CCN(Cc2cc(F)cc(F)c2)CC3)C[C@H](C)O1. The number of halogens is 2. The van der Waals surface area contributed by atoms with Crippen LogP contribution >= 0.6 is 0 Å². The number of amides is 1. The fraction of sp³-hybridized carbons (Fsp3) is 0.667. The van der Waals surface area contributed by atoms with Crippen molar-refractivity contribution in [2.45, 2.75) is 51.9 Å². The minimum Gasteiger partial charge on any atom is -0.372 e. The molecule has 1 aliphatic carbocycles. The maximum atomic E-state index is 13.4. The van der Waals surface area contributed by atoms with E-state index in [9.17, 15) is 13.6 Å². The molecule has 4 rings (SSSR count). The highest BCUT2D eigenvalue weighted by Gasteiger charge is 2.59. The van der Waals surface area contributed by atoms with Gasteiger partial charge in [-0.2, -0.15) is 0 Å². The molecular formula is C21H28F2N2O2. The first-order chi connectivity index (χ1) is 12.8. The van der Waals surface area contributed by atoms with Gasteiger partial charge < -0.3 is 9.64 Å².